The Hall–Kier alpha value is -2.30. The van der Waals surface area contributed by atoms with Crippen molar-refractivity contribution in [1.82, 2.24) is 15.1 Å². The highest BCUT2D eigenvalue weighted by atomic mass is 16.5. The van der Waals surface area contributed by atoms with Crippen molar-refractivity contribution in [2.24, 2.45) is 5.92 Å². The van der Waals surface area contributed by atoms with Gasteiger partial charge in [-0.3, -0.25) is 9.48 Å². The molecular weight excluding hydrogens is 314 g/mol. The minimum atomic E-state index is -0.0945. The number of aromatic nitrogens is 2. The highest BCUT2D eigenvalue weighted by Gasteiger charge is 2.34. The van der Waals surface area contributed by atoms with Crippen molar-refractivity contribution in [3.8, 4) is 5.75 Å². The molecule has 1 aromatic carbocycles. The third-order valence-corrected chi connectivity index (χ3v) is 4.88. The van der Waals surface area contributed by atoms with Crippen LogP contribution in [0.2, 0.25) is 0 Å². The molecule has 4 rings (SSSR count). The second kappa shape index (κ2) is 6.21. The highest BCUT2D eigenvalue weighted by molar-refractivity contribution is 5.95. The summed E-state index contributed by atoms with van der Waals surface area (Å²) in [5.41, 5.74) is 4.07. The Kier molecular flexibility index (Phi) is 4.02. The molecule has 1 aliphatic carbocycles. The molecule has 1 aromatic heterocycles. The largest absolute Gasteiger partial charge is 0.491 e. The maximum absolute atomic E-state index is 12.9. The van der Waals surface area contributed by atoms with Crippen LogP contribution in [0.4, 0.5) is 0 Å². The molecule has 1 aliphatic heterocycles. The molecule has 0 saturated heterocycles. The van der Waals surface area contributed by atoms with Gasteiger partial charge in [0.05, 0.1) is 23.5 Å². The minimum absolute atomic E-state index is 0.0418. The van der Waals surface area contributed by atoms with E-state index in [1.54, 1.807) is 6.20 Å². The number of rotatable bonds is 5. The number of nitrogens with zero attached hydrogens (tertiary/aromatic N) is 2. The highest BCUT2D eigenvalue weighted by Crippen LogP contribution is 2.42. The molecule has 5 nitrogen and oxygen atoms in total. The molecule has 2 aliphatic rings. The summed E-state index contributed by atoms with van der Waals surface area (Å²) in [6.07, 6.45) is 4.04. The van der Waals surface area contributed by atoms with Crippen molar-refractivity contribution in [3.05, 3.63) is 46.8 Å². The van der Waals surface area contributed by atoms with E-state index in [1.807, 2.05) is 16.8 Å². The van der Waals surface area contributed by atoms with E-state index in [0.717, 1.165) is 42.0 Å². The van der Waals surface area contributed by atoms with Gasteiger partial charge in [-0.15, -0.1) is 0 Å². The Bertz CT molecular complexity index is 805. The lowest BCUT2D eigenvalue weighted by Crippen LogP contribution is -2.30. The van der Waals surface area contributed by atoms with Gasteiger partial charge in [0, 0.05) is 18.0 Å². The molecule has 2 heterocycles. The summed E-state index contributed by atoms with van der Waals surface area (Å²) in [7, 11) is 0. The molecule has 1 amide bonds. The molecule has 132 valence electrons. The zero-order valence-electron chi connectivity index (χ0n) is 15.1. The van der Waals surface area contributed by atoms with E-state index in [1.165, 1.54) is 5.56 Å². The van der Waals surface area contributed by atoms with Crippen LogP contribution < -0.4 is 10.1 Å². The lowest BCUT2D eigenvalue weighted by molar-refractivity contribution is 0.0929. The van der Waals surface area contributed by atoms with Crippen LogP contribution in [0, 0.1) is 12.8 Å². The first-order valence-electron chi connectivity index (χ1n) is 9.13. The van der Waals surface area contributed by atoms with Gasteiger partial charge in [0.1, 0.15) is 12.4 Å². The van der Waals surface area contributed by atoms with Crippen LogP contribution in [-0.2, 0) is 6.54 Å². The van der Waals surface area contributed by atoms with Gasteiger partial charge in [-0.25, -0.2) is 0 Å². The molecule has 1 saturated carbocycles. The number of benzene rings is 1. The third-order valence-electron chi connectivity index (χ3n) is 4.88. The first-order chi connectivity index (χ1) is 12.0. The van der Waals surface area contributed by atoms with Gasteiger partial charge in [0.2, 0.25) is 0 Å². The van der Waals surface area contributed by atoms with E-state index in [-0.39, 0.29) is 11.9 Å². The summed E-state index contributed by atoms with van der Waals surface area (Å²) >= 11 is 0. The third kappa shape index (κ3) is 3.15. The lowest BCUT2D eigenvalue weighted by Gasteiger charge is -2.14. The van der Waals surface area contributed by atoms with Crippen molar-refractivity contribution < 1.29 is 9.53 Å². The smallest absolute Gasteiger partial charge is 0.255 e. The summed E-state index contributed by atoms with van der Waals surface area (Å²) in [5, 5.41) is 7.65. The van der Waals surface area contributed by atoms with E-state index in [0.29, 0.717) is 18.4 Å². The van der Waals surface area contributed by atoms with Crippen LogP contribution >= 0.6 is 0 Å². The van der Waals surface area contributed by atoms with Gasteiger partial charge >= 0.3 is 0 Å². The van der Waals surface area contributed by atoms with Crippen molar-refractivity contribution in [2.45, 2.75) is 52.1 Å². The molecule has 0 unspecified atom stereocenters. The summed E-state index contributed by atoms with van der Waals surface area (Å²) in [5.74, 6) is 1.82. The van der Waals surface area contributed by atoms with E-state index in [2.05, 4.69) is 37.3 Å². The number of fused-ring (bicyclic) bond motifs is 1. The Morgan fingerprint density at radius 1 is 1.40 bits per heavy atom. The first kappa shape index (κ1) is 16.2. The molecule has 1 fully saturated rings. The van der Waals surface area contributed by atoms with E-state index in [4.69, 9.17) is 4.74 Å². The van der Waals surface area contributed by atoms with Crippen molar-refractivity contribution in [3.63, 3.8) is 0 Å². The summed E-state index contributed by atoms with van der Waals surface area (Å²) in [6, 6.07) is 6.01. The maximum atomic E-state index is 12.9. The molecule has 5 heteroatoms. The summed E-state index contributed by atoms with van der Waals surface area (Å²) in [6.45, 7) is 7.75. The molecule has 0 spiro atoms. The molecule has 1 atom stereocenters. The fourth-order valence-electron chi connectivity index (χ4n) is 3.54. The van der Waals surface area contributed by atoms with Crippen LogP contribution in [0.25, 0.3) is 0 Å². The van der Waals surface area contributed by atoms with Crippen LogP contribution in [0.5, 0.6) is 5.75 Å². The predicted molar refractivity (Wildman–Crippen MR) is 95.9 cm³/mol. The fraction of sp³-hybridized carbons (Fsp3) is 0.500. The molecule has 1 N–H and O–H groups in total. The van der Waals surface area contributed by atoms with Crippen molar-refractivity contribution in [1.29, 1.82) is 0 Å². The second-order valence-electron chi connectivity index (χ2n) is 7.67. The topological polar surface area (TPSA) is 56.2 Å². The molecular formula is C20H25N3O2. The minimum Gasteiger partial charge on any atom is -0.491 e. The number of carbonyl (C=O) groups excluding carboxylic acids is 1. The van der Waals surface area contributed by atoms with Gasteiger partial charge < -0.3 is 10.1 Å². The zero-order valence-corrected chi connectivity index (χ0v) is 15.1. The number of hydrogen-bond donors (Lipinski definition) is 1. The average Bonchev–Trinajstić information content (AvgIpc) is 3.21. The predicted octanol–water partition coefficient (Wildman–Crippen LogP) is 3.59. The number of aryl methyl sites for hydroxylation is 1. The van der Waals surface area contributed by atoms with E-state index in [9.17, 15) is 4.79 Å². The second-order valence-corrected chi connectivity index (χ2v) is 7.67. The molecule has 2 aromatic rings. The van der Waals surface area contributed by atoms with Gasteiger partial charge in [-0.2, -0.15) is 5.10 Å². The van der Waals surface area contributed by atoms with Crippen LogP contribution in [0.15, 0.2) is 24.4 Å². The van der Waals surface area contributed by atoms with Crippen LogP contribution in [0.3, 0.4) is 0 Å². The standard InChI is InChI=1S/C20H25N3O2/c1-12(2)10-23-19(14-5-6-14)16(9-21-23)20(24)22-17-11-25-18-7-4-13(3)8-15(17)18/h4,7-9,12,14,17H,5-6,10-11H2,1-3H3,(H,22,24)/t17-/m0/s1. The van der Waals surface area contributed by atoms with E-state index < -0.39 is 0 Å². The van der Waals surface area contributed by atoms with Crippen molar-refractivity contribution in [2.75, 3.05) is 6.61 Å². The maximum Gasteiger partial charge on any atom is 0.255 e. The number of amides is 1. The number of nitrogens with one attached hydrogen (secondary N) is 1. The summed E-state index contributed by atoms with van der Waals surface area (Å²) in [4.78, 5) is 12.9. The Labute approximate surface area is 148 Å². The number of hydrogen-bond acceptors (Lipinski definition) is 3. The van der Waals surface area contributed by atoms with Crippen molar-refractivity contribution >= 4 is 5.91 Å². The normalized spacial score (nSPS) is 19.0. The van der Waals surface area contributed by atoms with Gasteiger partial charge in [-0.05, 0) is 31.7 Å². The van der Waals surface area contributed by atoms with Gasteiger partial charge in [-0.1, -0.05) is 31.5 Å². The average molecular weight is 339 g/mol. The van der Waals surface area contributed by atoms with Gasteiger partial charge in [0.15, 0.2) is 0 Å². The SMILES string of the molecule is Cc1ccc2c(c1)[C@@H](NC(=O)c1cnn(CC(C)C)c1C1CC1)CO2. The van der Waals surface area contributed by atoms with Crippen LogP contribution in [0.1, 0.15) is 65.8 Å². The zero-order chi connectivity index (χ0) is 17.6. The quantitative estimate of drug-likeness (QED) is 0.906. The number of ether oxygens (including phenoxy) is 1. The Balaban J connectivity index is 1.57. The molecule has 0 bridgehead atoms. The molecule has 25 heavy (non-hydrogen) atoms. The van der Waals surface area contributed by atoms with E-state index >= 15 is 0 Å². The Morgan fingerprint density at radius 2 is 2.20 bits per heavy atom. The Morgan fingerprint density at radius 3 is 2.92 bits per heavy atom. The monoisotopic (exact) mass is 339 g/mol. The van der Waals surface area contributed by atoms with Gasteiger partial charge in [0.25, 0.3) is 5.91 Å². The number of carbonyl (C=O) groups is 1. The molecule has 0 radical (unpaired) electrons. The summed E-state index contributed by atoms with van der Waals surface area (Å²) < 4.78 is 7.74. The lowest BCUT2D eigenvalue weighted by atomic mass is 10.0. The fourth-order valence-corrected chi connectivity index (χ4v) is 3.54. The first-order valence-corrected chi connectivity index (χ1v) is 9.13. The van der Waals surface area contributed by atoms with Crippen LogP contribution in [-0.4, -0.2) is 22.3 Å².